The second kappa shape index (κ2) is 8.45. The number of rotatable bonds is 7. The second-order valence-corrected chi connectivity index (χ2v) is 8.06. The number of aromatic nitrogens is 2. The van der Waals surface area contributed by atoms with Crippen LogP contribution in [0.25, 0.3) is 0 Å². The summed E-state index contributed by atoms with van der Waals surface area (Å²) in [6, 6.07) is 7.80. The lowest BCUT2D eigenvalue weighted by Crippen LogP contribution is -2.49. The Labute approximate surface area is 172 Å². The van der Waals surface area contributed by atoms with Crippen molar-refractivity contribution < 1.29 is 14.3 Å². The van der Waals surface area contributed by atoms with Crippen LogP contribution in [0.3, 0.4) is 0 Å². The Morgan fingerprint density at radius 1 is 1.10 bits per heavy atom. The van der Waals surface area contributed by atoms with E-state index in [9.17, 15) is 4.79 Å². The van der Waals surface area contributed by atoms with Gasteiger partial charge in [-0.15, -0.1) is 0 Å². The fourth-order valence-electron chi connectivity index (χ4n) is 4.79. The predicted octanol–water partition coefficient (Wildman–Crippen LogP) is 2.42. The molecule has 0 unspecified atom stereocenters. The fourth-order valence-corrected chi connectivity index (χ4v) is 4.79. The van der Waals surface area contributed by atoms with Gasteiger partial charge in [0, 0.05) is 44.1 Å². The molecule has 2 saturated heterocycles. The molecule has 0 radical (unpaired) electrons. The highest BCUT2D eigenvalue weighted by Crippen LogP contribution is 2.41. The van der Waals surface area contributed by atoms with Crippen LogP contribution >= 0.6 is 0 Å². The van der Waals surface area contributed by atoms with Gasteiger partial charge in [-0.3, -0.25) is 9.48 Å². The molecule has 0 bridgehead atoms. The summed E-state index contributed by atoms with van der Waals surface area (Å²) in [5.74, 6) is 1.71. The molecule has 2 aromatic rings. The van der Waals surface area contributed by atoms with Crippen LogP contribution in [0.4, 0.5) is 0 Å². The quantitative estimate of drug-likeness (QED) is 0.717. The lowest BCUT2D eigenvalue weighted by molar-refractivity contribution is -0.146. The lowest BCUT2D eigenvalue weighted by atomic mass is 9.78. The third kappa shape index (κ3) is 3.96. The van der Waals surface area contributed by atoms with E-state index in [4.69, 9.17) is 9.47 Å². The van der Waals surface area contributed by atoms with Crippen LogP contribution in [-0.4, -0.2) is 65.9 Å². The fraction of sp³-hybridized carbons (Fsp3) is 0.545. The van der Waals surface area contributed by atoms with E-state index in [1.54, 1.807) is 20.4 Å². The third-order valence-corrected chi connectivity index (χ3v) is 6.31. The van der Waals surface area contributed by atoms with Gasteiger partial charge in [-0.2, -0.15) is 5.10 Å². The van der Waals surface area contributed by atoms with Crippen molar-refractivity contribution >= 4 is 5.91 Å². The highest BCUT2D eigenvalue weighted by atomic mass is 16.5. The van der Waals surface area contributed by atoms with Gasteiger partial charge in [0.2, 0.25) is 5.91 Å². The van der Waals surface area contributed by atoms with Crippen molar-refractivity contribution in [2.24, 2.45) is 5.41 Å². The molecule has 3 heterocycles. The van der Waals surface area contributed by atoms with Crippen molar-refractivity contribution in [1.82, 2.24) is 19.6 Å². The van der Waals surface area contributed by atoms with Crippen molar-refractivity contribution in [2.45, 2.75) is 32.4 Å². The number of ether oxygens (including phenoxy) is 2. The predicted molar refractivity (Wildman–Crippen MR) is 110 cm³/mol. The molecular weight excluding hydrogens is 368 g/mol. The van der Waals surface area contributed by atoms with Crippen LogP contribution in [0.1, 0.15) is 24.8 Å². The number of amides is 1. The van der Waals surface area contributed by atoms with E-state index >= 15 is 0 Å². The van der Waals surface area contributed by atoms with E-state index in [0.717, 1.165) is 63.3 Å². The minimum atomic E-state index is -0.242. The monoisotopic (exact) mass is 398 g/mol. The minimum Gasteiger partial charge on any atom is -0.493 e. The zero-order chi connectivity index (χ0) is 20.3. The number of benzene rings is 1. The van der Waals surface area contributed by atoms with Gasteiger partial charge < -0.3 is 19.3 Å². The van der Waals surface area contributed by atoms with E-state index < -0.39 is 0 Å². The van der Waals surface area contributed by atoms with Crippen molar-refractivity contribution in [3.05, 3.63) is 42.2 Å². The van der Waals surface area contributed by atoms with Crippen molar-refractivity contribution in [3.8, 4) is 11.5 Å². The minimum absolute atomic E-state index is 0.242. The third-order valence-electron chi connectivity index (χ3n) is 6.31. The van der Waals surface area contributed by atoms with Crippen LogP contribution in [0.15, 0.2) is 36.7 Å². The Hall–Kier alpha value is -2.54. The van der Waals surface area contributed by atoms with E-state index in [0.29, 0.717) is 12.3 Å². The molecule has 2 fully saturated rings. The first-order chi connectivity index (χ1) is 14.1. The standard InChI is InChI=1S/C22H30N4O3/c1-28-19-7-3-6-18(20(19)29-2)16-25-11-4-8-22(21(25)27)9-13-24(17-22)14-15-26-12-5-10-23-26/h3,5-7,10,12H,4,8-9,11,13-17H2,1-2H3/t22-/m0/s1. The summed E-state index contributed by atoms with van der Waals surface area (Å²) >= 11 is 0. The summed E-state index contributed by atoms with van der Waals surface area (Å²) in [5, 5.41) is 4.28. The Balaban J connectivity index is 1.43. The average molecular weight is 399 g/mol. The Kier molecular flexibility index (Phi) is 5.76. The number of carbonyl (C=O) groups excluding carboxylic acids is 1. The molecule has 1 amide bonds. The van der Waals surface area contributed by atoms with Crippen LogP contribution < -0.4 is 9.47 Å². The second-order valence-electron chi connectivity index (χ2n) is 8.06. The first kappa shape index (κ1) is 19.8. The molecule has 1 aromatic carbocycles. The molecule has 0 saturated carbocycles. The number of nitrogens with zero attached hydrogens (tertiary/aromatic N) is 4. The molecule has 1 aromatic heterocycles. The smallest absolute Gasteiger partial charge is 0.230 e. The van der Waals surface area contributed by atoms with E-state index in [2.05, 4.69) is 10.00 Å². The number of carbonyl (C=O) groups is 1. The number of hydrogen-bond acceptors (Lipinski definition) is 5. The van der Waals surface area contributed by atoms with Gasteiger partial charge in [0.15, 0.2) is 11.5 Å². The highest BCUT2D eigenvalue weighted by Gasteiger charge is 2.48. The number of methoxy groups -OCH3 is 2. The van der Waals surface area contributed by atoms with Crippen molar-refractivity contribution in [3.63, 3.8) is 0 Å². The Bertz CT molecular complexity index is 839. The zero-order valence-electron chi connectivity index (χ0n) is 17.3. The molecule has 0 N–H and O–H groups in total. The lowest BCUT2D eigenvalue weighted by Gasteiger charge is -2.39. The van der Waals surface area contributed by atoms with Gasteiger partial charge in [-0.1, -0.05) is 12.1 Å². The summed E-state index contributed by atoms with van der Waals surface area (Å²) < 4.78 is 12.9. The van der Waals surface area contributed by atoms with Crippen LogP contribution in [0.5, 0.6) is 11.5 Å². The molecule has 1 spiro atoms. The first-order valence-electron chi connectivity index (χ1n) is 10.3. The Morgan fingerprint density at radius 2 is 2.00 bits per heavy atom. The summed E-state index contributed by atoms with van der Waals surface area (Å²) in [6.07, 6.45) is 6.76. The number of piperidine rings is 1. The van der Waals surface area contributed by atoms with Gasteiger partial charge in [0.05, 0.1) is 26.2 Å². The highest BCUT2D eigenvalue weighted by molar-refractivity contribution is 5.84. The molecule has 0 aliphatic carbocycles. The maximum absolute atomic E-state index is 13.5. The summed E-state index contributed by atoms with van der Waals surface area (Å²) in [4.78, 5) is 17.9. The Morgan fingerprint density at radius 3 is 2.76 bits per heavy atom. The molecule has 2 aliphatic heterocycles. The van der Waals surface area contributed by atoms with Gasteiger partial charge in [-0.05, 0) is 37.9 Å². The molecule has 7 heteroatoms. The van der Waals surface area contributed by atoms with Gasteiger partial charge >= 0.3 is 0 Å². The SMILES string of the molecule is COc1cccc(CN2CCC[C@@]3(CCN(CCn4cccn4)C3)C2=O)c1OC. The first-order valence-corrected chi connectivity index (χ1v) is 10.3. The van der Waals surface area contributed by atoms with Gasteiger partial charge in [0.1, 0.15) is 0 Å². The summed E-state index contributed by atoms with van der Waals surface area (Å²) in [7, 11) is 3.29. The molecule has 4 rings (SSSR count). The number of likely N-dealkylation sites (tertiary alicyclic amines) is 2. The van der Waals surface area contributed by atoms with Gasteiger partial charge in [0.25, 0.3) is 0 Å². The van der Waals surface area contributed by atoms with E-state index in [1.165, 1.54) is 0 Å². The van der Waals surface area contributed by atoms with Crippen LogP contribution in [0, 0.1) is 5.41 Å². The summed E-state index contributed by atoms with van der Waals surface area (Å²) in [6.45, 7) is 4.98. The molecule has 29 heavy (non-hydrogen) atoms. The molecule has 156 valence electrons. The zero-order valence-corrected chi connectivity index (χ0v) is 17.3. The number of para-hydroxylation sites is 1. The topological polar surface area (TPSA) is 59.8 Å². The van der Waals surface area contributed by atoms with E-state index in [1.807, 2.05) is 40.0 Å². The van der Waals surface area contributed by atoms with Crippen molar-refractivity contribution in [2.75, 3.05) is 40.4 Å². The maximum atomic E-state index is 13.5. The van der Waals surface area contributed by atoms with Crippen LogP contribution in [-0.2, 0) is 17.9 Å². The molecular formula is C22H30N4O3. The normalized spacial score (nSPS) is 22.4. The average Bonchev–Trinajstić information content (AvgIpc) is 3.40. The van der Waals surface area contributed by atoms with E-state index in [-0.39, 0.29) is 11.3 Å². The molecule has 7 nitrogen and oxygen atoms in total. The molecule has 1 atom stereocenters. The van der Waals surface area contributed by atoms with Crippen molar-refractivity contribution in [1.29, 1.82) is 0 Å². The largest absolute Gasteiger partial charge is 0.493 e. The molecule has 2 aliphatic rings. The van der Waals surface area contributed by atoms with Crippen LogP contribution in [0.2, 0.25) is 0 Å². The summed E-state index contributed by atoms with van der Waals surface area (Å²) in [5.41, 5.74) is 0.750. The number of hydrogen-bond donors (Lipinski definition) is 0. The maximum Gasteiger partial charge on any atom is 0.230 e. The van der Waals surface area contributed by atoms with Gasteiger partial charge in [-0.25, -0.2) is 0 Å².